The van der Waals surface area contributed by atoms with Gasteiger partial charge in [-0.1, -0.05) is 46.0 Å². The molecule has 0 heterocycles. The Bertz CT molecular complexity index is 168. The molecule has 0 aliphatic carbocycles. The molecule has 2 heteroatoms. The first-order valence-corrected chi connectivity index (χ1v) is 6.80. The van der Waals surface area contributed by atoms with Crippen molar-refractivity contribution in [1.82, 2.24) is 0 Å². The van der Waals surface area contributed by atoms with Gasteiger partial charge in [0.05, 0.1) is 0 Å². The Morgan fingerprint density at radius 3 is 1.62 bits per heavy atom. The van der Waals surface area contributed by atoms with Crippen LogP contribution in [0.15, 0.2) is 0 Å². The Balaban J connectivity index is 3.51. The summed E-state index contributed by atoms with van der Waals surface area (Å²) in [4.78, 5) is 0. The van der Waals surface area contributed by atoms with Crippen LogP contribution in [0, 0.1) is 5.41 Å². The number of nitrogens with two attached hydrogens (primary N) is 2. The van der Waals surface area contributed by atoms with Gasteiger partial charge in [-0.15, -0.1) is 0 Å². The summed E-state index contributed by atoms with van der Waals surface area (Å²) in [6, 6.07) is 0. The van der Waals surface area contributed by atoms with Gasteiger partial charge in [0.2, 0.25) is 0 Å². The highest BCUT2D eigenvalue weighted by Crippen LogP contribution is 2.33. The normalized spacial score (nSPS) is 13.1. The second kappa shape index (κ2) is 7.29. The van der Waals surface area contributed by atoms with Gasteiger partial charge in [0.15, 0.2) is 0 Å². The van der Waals surface area contributed by atoms with E-state index in [2.05, 4.69) is 27.7 Å². The lowest BCUT2D eigenvalue weighted by Gasteiger charge is -2.38. The summed E-state index contributed by atoms with van der Waals surface area (Å²) in [6.07, 6.45) is 9.03. The second-order valence-corrected chi connectivity index (χ2v) is 6.27. The molecule has 0 aromatic heterocycles. The van der Waals surface area contributed by atoms with Crippen molar-refractivity contribution in [2.45, 2.75) is 78.2 Å². The number of rotatable bonds is 9. The molecule has 0 bridgehead atoms. The first-order valence-electron chi connectivity index (χ1n) is 6.80. The Kier molecular flexibility index (Phi) is 7.25. The van der Waals surface area contributed by atoms with Crippen molar-refractivity contribution in [3.8, 4) is 0 Å². The summed E-state index contributed by atoms with van der Waals surface area (Å²) in [6.45, 7) is 9.67. The Hall–Kier alpha value is -0.0800. The van der Waals surface area contributed by atoms with E-state index in [1.807, 2.05) is 0 Å². The minimum Gasteiger partial charge on any atom is -0.330 e. The van der Waals surface area contributed by atoms with Gasteiger partial charge >= 0.3 is 0 Å². The zero-order valence-corrected chi connectivity index (χ0v) is 11.8. The van der Waals surface area contributed by atoms with E-state index in [-0.39, 0.29) is 11.0 Å². The van der Waals surface area contributed by atoms with E-state index in [4.69, 9.17) is 11.5 Å². The van der Waals surface area contributed by atoms with Crippen LogP contribution in [-0.4, -0.2) is 12.1 Å². The summed E-state index contributed by atoms with van der Waals surface area (Å²) in [5.41, 5.74) is 11.8. The van der Waals surface area contributed by atoms with Gasteiger partial charge in [-0.2, -0.15) is 0 Å². The first kappa shape index (κ1) is 15.9. The highest BCUT2D eigenvalue weighted by Gasteiger charge is 2.32. The lowest BCUT2D eigenvalue weighted by Crippen LogP contribution is -2.47. The molecule has 0 atom stereocenters. The molecule has 0 spiro atoms. The third kappa shape index (κ3) is 6.49. The third-order valence-electron chi connectivity index (χ3n) is 4.00. The van der Waals surface area contributed by atoms with E-state index < -0.39 is 0 Å². The van der Waals surface area contributed by atoms with E-state index in [0.29, 0.717) is 0 Å². The minimum absolute atomic E-state index is 0.0768. The maximum atomic E-state index is 6.18. The van der Waals surface area contributed by atoms with Crippen LogP contribution < -0.4 is 11.5 Å². The van der Waals surface area contributed by atoms with E-state index in [9.17, 15) is 0 Å². The molecule has 0 aliphatic heterocycles. The van der Waals surface area contributed by atoms with E-state index in [0.717, 1.165) is 6.54 Å². The molecule has 0 radical (unpaired) electrons. The SMILES string of the molecule is CC(C)(N)C(C)(C)CCCCCCCCN. The van der Waals surface area contributed by atoms with E-state index in [1.54, 1.807) is 0 Å². The van der Waals surface area contributed by atoms with Crippen molar-refractivity contribution in [3.05, 3.63) is 0 Å². The Morgan fingerprint density at radius 1 is 0.750 bits per heavy atom. The monoisotopic (exact) mass is 228 g/mol. The van der Waals surface area contributed by atoms with Gasteiger partial charge in [-0.05, 0) is 38.6 Å². The van der Waals surface area contributed by atoms with E-state index >= 15 is 0 Å². The van der Waals surface area contributed by atoms with Gasteiger partial charge < -0.3 is 11.5 Å². The molecule has 0 aliphatic rings. The van der Waals surface area contributed by atoms with Crippen LogP contribution in [0.4, 0.5) is 0 Å². The second-order valence-electron chi connectivity index (χ2n) is 6.27. The summed E-state index contributed by atoms with van der Waals surface area (Å²) in [5, 5.41) is 0. The van der Waals surface area contributed by atoms with Crippen LogP contribution in [0.2, 0.25) is 0 Å². The van der Waals surface area contributed by atoms with Crippen LogP contribution in [0.3, 0.4) is 0 Å². The lowest BCUT2D eigenvalue weighted by atomic mass is 9.72. The molecule has 0 unspecified atom stereocenters. The number of hydrogen-bond acceptors (Lipinski definition) is 2. The van der Waals surface area contributed by atoms with Crippen molar-refractivity contribution >= 4 is 0 Å². The molecule has 0 fully saturated rings. The van der Waals surface area contributed by atoms with Gasteiger partial charge in [0.25, 0.3) is 0 Å². The molecule has 0 amide bonds. The summed E-state index contributed by atoms with van der Waals surface area (Å²) >= 11 is 0. The first-order chi connectivity index (χ1) is 7.31. The van der Waals surface area contributed by atoms with Crippen molar-refractivity contribution in [1.29, 1.82) is 0 Å². The van der Waals surface area contributed by atoms with Crippen LogP contribution >= 0.6 is 0 Å². The zero-order chi connectivity index (χ0) is 12.7. The fourth-order valence-corrected chi connectivity index (χ4v) is 1.74. The lowest BCUT2D eigenvalue weighted by molar-refractivity contribution is 0.180. The fraction of sp³-hybridized carbons (Fsp3) is 1.00. The van der Waals surface area contributed by atoms with Gasteiger partial charge in [0, 0.05) is 5.54 Å². The quantitative estimate of drug-likeness (QED) is 0.594. The molecule has 0 rings (SSSR count). The average molecular weight is 228 g/mol. The Labute approximate surface area is 102 Å². The van der Waals surface area contributed by atoms with E-state index in [1.165, 1.54) is 44.9 Å². The highest BCUT2D eigenvalue weighted by atomic mass is 14.7. The smallest absolute Gasteiger partial charge is 0.0148 e. The molecule has 2 nitrogen and oxygen atoms in total. The van der Waals surface area contributed by atoms with Crippen molar-refractivity contribution in [2.24, 2.45) is 16.9 Å². The molecule has 4 N–H and O–H groups in total. The number of unbranched alkanes of at least 4 members (excludes halogenated alkanes) is 5. The summed E-state index contributed by atoms with van der Waals surface area (Å²) in [5.74, 6) is 0. The van der Waals surface area contributed by atoms with Crippen LogP contribution in [-0.2, 0) is 0 Å². The fourth-order valence-electron chi connectivity index (χ4n) is 1.74. The summed E-state index contributed by atoms with van der Waals surface area (Å²) in [7, 11) is 0. The minimum atomic E-state index is -0.0768. The standard InChI is InChI=1S/C14H32N2/c1-13(2,14(3,4)16)11-9-7-5-6-8-10-12-15/h5-12,15-16H2,1-4H3. The predicted octanol–water partition coefficient (Wildman–Crippen LogP) is 3.44. The van der Waals surface area contributed by atoms with Crippen molar-refractivity contribution in [3.63, 3.8) is 0 Å². The van der Waals surface area contributed by atoms with Crippen molar-refractivity contribution in [2.75, 3.05) is 6.54 Å². The molecule has 0 aromatic carbocycles. The molecule has 0 saturated carbocycles. The largest absolute Gasteiger partial charge is 0.330 e. The predicted molar refractivity (Wildman–Crippen MR) is 73.4 cm³/mol. The highest BCUT2D eigenvalue weighted by molar-refractivity contribution is 4.89. The van der Waals surface area contributed by atoms with Gasteiger partial charge in [-0.3, -0.25) is 0 Å². The molecule has 0 saturated heterocycles. The van der Waals surface area contributed by atoms with Crippen LogP contribution in [0.1, 0.15) is 72.6 Å². The van der Waals surface area contributed by atoms with Crippen molar-refractivity contribution < 1.29 is 0 Å². The van der Waals surface area contributed by atoms with Crippen LogP contribution in [0.5, 0.6) is 0 Å². The Morgan fingerprint density at radius 2 is 1.19 bits per heavy atom. The molecule has 98 valence electrons. The zero-order valence-electron chi connectivity index (χ0n) is 11.8. The maximum absolute atomic E-state index is 6.18. The molecule has 0 aromatic rings. The van der Waals surface area contributed by atoms with Crippen LogP contribution in [0.25, 0.3) is 0 Å². The van der Waals surface area contributed by atoms with Gasteiger partial charge in [-0.25, -0.2) is 0 Å². The van der Waals surface area contributed by atoms with Gasteiger partial charge in [0.1, 0.15) is 0 Å². The summed E-state index contributed by atoms with van der Waals surface area (Å²) < 4.78 is 0. The average Bonchev–Trinajstić information content (AvgIpc) is 2.14. The molecular formula is C14H32N2. The topological polar surface area (TPSA) is 52.0 Å². The number of hydrogen-bond donors (Lipinski definition) is 2. The maximum Gasteiger partial charge on any atom is 0.0148 e. The third-order valence-corrected chi connectivity index (χ3v) is 4.00. The molecular weight excluding hydrogens is 196 g/mol. The molecule has 16 heavy (non-hydrogen) atoms.